The van der Waals surface area contributed by atoms with Gasteiger partial charge in [0.05, 0.1) is 29.6 Å². The van der Waals surface area contributed by atoms with E-state index in [1.807, 2.05) is 49.4 Å². The van der Waals surface area contributed by atoms with Crippen LogP contribution in [-0.4, -0.2) is 73.1 Å². The summed E-state index contributed by atoms with van der Waals surface area (Å²) in [6, 6.07) is 10.5. The lowest BCUT2D eigenvalue weighted by Gasteiger charge is -2.36. The summed E-state index contributed by atoms with van der Waals surface area (Å²) in [7, 11) is -7.82. The quantitative estimate of drug-likeness (QED) is 0.172. The first-order valence-electron chi connectivity index (χ1n) is 15.7. The third-order valence-electron chi connectivity index (χ3n) is 9.23. The van der Waals surface area contributed by atoms with E-state index in [9.17, 15) is 36.9 Å². The van der Waals surface area contributed by atoms with Crippen LogP contribution in [-0.2, 0) is 31.1 Å². The Morgan fingerprint density at radius 3 is 2.49 bits per heavy atom. The van der Waals surface area contributed by atoms with Crippen molar-refractivity contribution in [1.29, 1.82) is 0 Å². The van der Waals surface area contributed by atoms with Crippen LogP contribution in [0, 0.1) is 11.8 Å². The summed E-state index contributed by atoms with van der Waals surface area (Å²) in [4.78, 5) is 14.9. The Bertz CT molecular complexity index is 1540. The van der Waals surface area contributed by atoms with Crippen molar-refractivity contribution < 1.29 is 36.9 Å². The molecule has 1 saturated carbocycles. The Kier molecular flexibility index (Phi) is 12.1. The normalized spacial score (nSPS) is 27.0. The zero-order valence-electron chi connectivity index (χ0n) is 25.9. The van der Waals surface area contributed by atoms with Crippen molar-refractivity contribution in [2.24, 2.45) is 17.0 Å². The van der Waals surface area contributed by atoms with Gasteiger partial charge in [-0.3, -0.25) is 4.79 Å². The number of amides is 1. The standard InChI is InChI=1S/C32H46N2O8S3/c1-3-34(27-17-21(2)44(39,40)32-26(27)19-31(43-32)45(33,41)42)30(38)14-10-5-4-9-13-24-25(29(37)20-28(24)36)16-15-23(35)18-22-11-7-6-8-12-22/h4,6-9,11-12,19,21,23-25,27-29,35-37H,3,5,10,13-18,20H2,1-2H3,(H2,33,41,42)/b9-4-/t21-,23+,24+,25+,27-,28-,29+/m0/s1. The molecule has 2 aliphatic rings. The molecule has 13 heteroatoms. The Balaban J connectivity index is 1.29. The molecule has 2 heterocycles. The molecule has 0 radical (unpaired) electrons. The number of nitrogens with two attached hydrogens (primary N) is 1. The number of benzene rings is 1. The average molecular weight is 683 g/mol. The highest BCUT2D eigenvalue weighted by atomic mass is 32.3. The molecule has 250 valence electrons. The molecule has 7 atom stereocenters. The number of carbonyl (C=O) groups excluding carboxylic acids is 1. The second kappa shape index (κ2) is 15.2. The largest absolute Gasteiger partial charge is 0.393 e. The second-order valence-electron chi connectivity index (χ2n) is 12.4. The molecule has 1 amide bonds. The minimum absolute atomic E-state index is 0.0346. The van der Waals surface area contributed by atoms with Crippen molar-refractivity contribution in [1.82, 2.24) is 4.90 Å². The Labute approximate surface area is 270 Å². The van der Waals surface area contributed by atoms with Gasteiger partial charge in [-0.25, -0.2) is 22.0 Å². The molecular formula is C32H46N2O8S3. The molecule has 1 fully saturated rings. The number of primary sulfonamides is 1. The third kappa shape index (κ3) is 8.62. The molecule has 0 unspecified atom stereocenters. The molecular weight excluding hydrogens is 637 g/mol. The lowest BCUT2D eigenvalue weighted by molar-refractivity contribution is -0.133. The first-order chi connectivity index (χ1) is 21.2. The molecule has 0 saturated heterocycles. The number of fused-ring (bicyclic) bond motifs is 1. The smallest absolute Gasteiger partial charge is 0.247 e. The number of allylic oxidation sites excluding steroid dienone is 2. The van der Waals surface area contributed by atoms with E-state index in [0.717, 1.165) is 5.56 Å². The fourth-order valence-electron chi connectivity index (χ4n) is 6.74. The van der Waals surface area contributed by atoms with Gasteiger partial charge in [0.1, 0.15) is 8.42 Å². The highest BCUT2D eigenvalue weighted by Crippen LogP contribution is 2.45. The summed E-state index contributed by atoms with van der Waals surface area (Å²) in [5, 5.41) is 36.2. The number of hydrogen-bond donors (Lipinski definition) is 4. The number of nitrogens with zero attached hydrogens (tertiary/aromatic N) is 1. The van der Waals surface area contributed by atoms with Crippen LogP contribution in [0.15, 0.2) is 57.0 Å². The Morgan fingerprint density at radius 2 is 1.82 bits per heavy atom. The highest BCUT2D eigenvalue weighted by Gasteiger charge is 2.43. The average Bonchev–Trinajstić information content (AvgIpc) is 3.55. The van der Waals surface area contributed by atoms with Crippen LogP contribution in [0.1, 0.15) is 82.4 Å². The fraction of sp³-hybridized carbons (Fsp3) is 0.594. The van der Waals surface area contributed by atoms with Crippen molar-refractivity contribution >= 4 is 37.1 Å². The van der Waals surface area contributed by atoms with Crippen LogP contribution in [0.3, 0.4) is 0 Å². The molecule has 1 aliphatic heterocycles. The predicted octanol–water partition coefficient (Wildman–Crippen LogP) is 3.71. The maximum atomic E-state index is 13.3. The van der Waals surface area contributed by atoms with Gasteiger partial charge in [0.25, 0.3) is 0 Å². The second-order valence-corrected chi connectivity index (χ2v) is 17.8. The number of aliphatic hydroxyl groups is 3. The number of sulfonamides is 1. The zero-order valence-corrected chi connectivity index (χ0v) is 28.3. The summed E-state index contributed by atoms with van der Waals surface area (Å²) in [5.41, 5.74) is 1.38. The monoisotopic (exact) mass is 682 g/mol. The lowest BCUT2D eigenvalue weighted by atomic mass is 9.85. The summed E-state index contributed by atoms with van der Waals surface area (Å²) >= 11 is 0.644. The Hall–Kier alpha value is -2.13. The van der Waals surface area contributed by atoms with E-state index in [0.29, 0.717) is 68.4 Å². The van der Waals surface area contributed by atoms with E-state index in [1.54, 1.807) is 11.8 Å². The number of carbonyl (C=O) groups is 1. The van der Waals surface area contributed by atoms with Gasteiger partial charge in [0.2, 0.25) is 15.9 Å². The van der Waals surface area contributed by atoms with Crippen molar-refractivity contribution in [2.75, 3.05) is 6.54 Å². The molecule has 10 nitrogen and oxygen atoms in total. The van der Waals surface area contributed by atoms with Gasteiger partial charge < -0.3 is 20.2 Å². The van der Waals surface area contributed by atoms with E-state index in [4.69, 9.17) is 5.14 Å². The van der Waals surface area contributed by atoms with Crippen LogP contribution in [0.25, 0.3) is 0 Å². The molecule has 1 aromatic heterocycles. The SMILES string of the molecule is CCN(C(=O)CCC/C=C\C[C@@H]1[C@@H](CC[C@@H](O)Cc2ccccc2)[C@H](O)C[C@@H]1O)[C@H]1C[C@H](C)S(=O)(=O)c2sc(S(N)(=O)=O)cc21. The third-order valence-corrected chi connectivity index (χ3v) is 14.5. The number of hydrogen-bond acceptors (Lipinski definition) is 9. The topological polar surface area (TPSA) is 175 Å². The van der Waals surface area contributed by atoms with Crippen LogP contribution in [0.5, 0.6) is 0 Å². The van der Waals surface area contributed by atoms with E-state index >= 15 is 0 Å². The Morgan fingerprint density at radius 1 is 1.13 bits per heavy atom. The van der Waals surface area contributed by atoms with Gasteiger partial charge in [0, 0.05) is 18.5 Å². The van der Waals surface area contributed by atoms with Crippen LogP contribution in [0.4, 0.5) is 0 Å². The number of aliphatic hydroxyl groups excluding tert-OH is 3. The van der Waals surface area contributed by atoms with Crippen LogP contribution >= 0.6 is 11.3 Å². The minimum atomic E-state index is -4.10. The van der Waals surface area contributed by atoms with E-state index in [-0.39, 0.29) is 39.0 Å². The van der Waals surface area contributed by atoms with Gasteiger partial charge in [-0.15, -0.1) is 11.3 Å². The zero-order chi connectivity index (χ0) is 32.9. The van der Waals surface area contributed by atoms with Gasteiger partial charge in [0.15, 0.2) is 9.84 Å². The first-order valence-corrected chi connectivity index (χ1v) is 19.6. The molecule has 5 N–H and O–H groups in total. The number of rotatable bonds is 14. The van der Waals surface area contributed by atoms with Gasteiger partial charge in [-0.2, -0.15) is 0 Å². The summed E-state index contributed by atoms with van der Waals surface area (Å²) in [6.07, 6.45) is 6.47. The summed E-state index contributed by atoms with van der Waals surface area (Å²) < 4.78 is 49.6. The lowest BCUT2D eigenvalue weighted by Crippen LogP contribution is -2.40. The van der Waals surface area contributed by atoms with Crippen molar-refractivity contribution in [3.05, 3.63) is 59.7 Å². The molecule has 0 bridgehead atoms. The molecule has 0 spiro atoms. The van der Waals surface area contributed by atoms with Crippen molar-refractivity contribution in [3.63, 3.8) is 0 Å². The van der Waals surface area contributed by atoms with E-state index in [2.05, 4.69) is 0 Å². The molecule has 45 heavy (non-hydrogen) atoms. The van der Waals surface area contributed by atoms with Gasteiger partial charge in [-0.05, 0) is 88.7 Å². The number of sulfone groups is 1. The molecule has 2 aromatic rings. The first kappa shape index (κ1) is 35.7. The fourth-order valence-corrected chi connectivity index (χ4v) is 11.1. The molecule has 1 aromatic carbocycles. The maximum Gasteiger partial charge on any atom is 0.247 e. The maximum absolute atomic E-state index is 13.3. The molecule has 1 aliphatic carbocycles. The van der Waals surface area contributed by atoms with Crippen molar-refractivity contribution in [2.45, 2.75) is 110 Å². The molecule has 4 rings (SSSR count). The predicted molar refractivity (Wildman–Crippen MR) is 174 cm³/mol. The van der Waals surface area contributed by atoms with E-state index in [1.165, 1.54) is 6.07 Å². The van der Waals surface area contributed by atoms with Gasteiger partial charge in [-0.1, -0.05) is 42.5 Å². The van der Waals surface area contributed by atoms with Crippen LogP contribution in [0.2, 0.25) is 0 Å². The van der Waals surface area contributed by atoms with Crippen LogP contribution < -0.4 is 5.14 Å². The number of unbranched alkanes of at least 4 members (excludes halogenated alkanes) is 1. The van der Waals surface area contributed by atoms with Crippen molar-refractivity contribution in [3.8, 4) is 0 Å². The van der Waals surface area contributed by atoms with Gasteiger partial charge >= 0.3 is 0 Å². The minimum Gasteiger partial charge on any atom is -0.393 e. The number of thiophene rings is 1. The summed E-state index contributed by atoms with van der Waals surface area (Å²) in [5.74, 6) is -0.350. The van der Waals surface area contributed by atoms with E-state index < -0.39 is 49.5 Å². The highest BCUT2D eigenvalue weighted by molar-refractivity contribution is 7.95. The summed E-state index contributed by atoms with van der Waals surface area (Å²) in [6.45, 7) is 3.73.